The summed E-state index contributed by atoms with van der Waals surface area (Å²) in [5, 5.41) is 10.8. The van der Waals surface area contributed by atoms with E-state index in [1.165, 1.54) is 0 Å². The maximum absolute atomic E-state index is 13.8. The number of nitrogens with two attached hydrogens (primary N) is 1. The van der Waals surface area contributed by atoms with Gasteiger partial charge in [-0.05, 0) is 162 Å². The van der Waals surface area contributed by atoms with Gasteiger partial charge in [0.05, 0.1) is 17.2 Å². The fraction of sp³-hybridized carbons (Fsp3) is 0.500. The van der Waals surface area contributed by atoms with Crippen LogP contribution in [0.15, 0.2) is 72.8 Å². The first-order valence-electron chi connectivity index (χ1n) is 25.9. The number of primary amides is 1. The first-order valence-corrected chi connectivity index (χ1v) is 25.9. The van der Waals surface area contributed by atoms with Crippen LogP contribution in [0.3, 0.4) is 0 Å². The SMILES string of the molecule is NC(=O)c1c(-c2ccc(Oc3ccccc3)cc2)nn2c1NCC[C@H]2C1CCN(CC2CCN(C(=O)N3CCC(N4CCC(c5ccc6c(c5)C(=O)N(C5CCC(=O)NC5=O)C6=O)CC4)CC3)CC2)CC1. The number of anilines is 1. The quantitative estimate of drug-likeness (QED) is 0.156. The fourth-order valence-electron chi connectivity index (χ4n) is 12.6. The van der Waals surface area contributed by atoms with E-state index >= 15 is 0 Å². The van der Waals surface area contributed by atoms with Crippen molar-refractivity contribution in [1.29, 1.82) is 0 Å². The highest BCUT2D eigenvalue weighted by atomic mass is 16.5. The molecule has 17 heteroatoms. The zero-order chi connectivity index (χ0) is 48.8. The van der Waals surface area contributed by atoms with Gasteiger partial charge in [-0.15, -0.1) is 0 Å². The van der Waals surface area contributed by atoms with Gasteiger partial charge in [0.2, 0.25) is 11.8 Å². The molecular formula is C54H64N10O7. The van der Waals surface area contributed by atoms with Gasteiger partial charge < -0.3 is 35.4 Å². The van der Waals surface area contributed by atoms with Crippen molar-refractivity contribution in [2.24, 2.45) is 17.6 Å². The van der Waals surface area contributed by atoms with E-state index in [2.05, 4.69) is 30.2 Å². The van der Waals surface area contributed by atoms with Crippen molar-refractivity contribution in [2.45, 2.75) is 94.7 Å². The summed E-state index contributed by atoms with van der Waals surface area (Å²) in [4.78, 5) is 87.9. The van der Waals surface area contributed by atoms with Crippen LogP contribution in [0.2, 0.25) is 0 Å². The number of imide groups is 2. The fourth-order valence-corrected chi connectivity index (χ4v) is 12.6. The van der Waals surface area contributed by atoms with E-state index in [0.29, 0.717) is 46.0 Å². The number of rotatable bonds is 10. The minimum Gasteiger partial charge on any atom is -0.457 e. The highest BCUT2D eigenvalue weighted by Gasteiger charge is 2.45. The van der Waals surface area contributed by atoms with Crippen LogP contribution in [0.1, 0.15) is 119 Å². The average Bonchev–Trinajstić information content (AvgIpc) is 3.91. The molecule has 372 valence electrons. The Balaban J connectivity index is 0.613. The Hall–Kier alpha value is -6.59. The lowest BCUT2D eigenvalue weighted by Gasteiger charge is -2.44. The smallest absolute Gasteiger partial charge is 0.319 e. The first-order chi connectivity index (χ1) is 34.6. The zero-order valence-electron chi connectivity index (χ0n) is 40.3. The van der Waals surface area contributed by atoms with E-state index < -0.39 is 29.7 Å². The second-order valence-corrected chi connectivity index (χ2v) is 20.7. The van der Waals surface area contributed by atoms with Gasteiger partial charge in [0.1, 0.15) is 34.6 Å². The van der Waals surface area contributed by atoms with E-state index in [4.69, 9.17) is 15.6 Å². The van der Waals surface area contributed by atoms with Crippen LogP contribution in [0, 0.1) is 11.8 Å². The Bertz CT molecular complexity index is 2680. The predicted molar refractivity (Wildman–Crippen MR) is 265 cm³/mol. The van der Waals surface area contributed by atoms with Crippen molar-refractivity contribution in [3.8, 4) is 22.8 Å². The lowest BCUT2D eigenvalue weighted by Crippen LogP contribution is -2.54. The number of nitrogens with one attached hydrogen (secondary N) is 2. The monoisotopic (exact) mass is 964 g/mol. The van der Waals surface area contributed by atoms with E-state index in [9.17, 15) is 28.8 Å². The van der Waals surface area contributed by atoms with Crippen LogP contribution in [0.25, 0.3) is 11.3 Å². The molecule has 8 heterocycles. The molecule has 7 amide bonds. The number of amides is 7. The molecule has 71 heavy (non-hydrogen) atoms. The Morgan fingerprint density at radius 1 is 0.704 bits per heavy atom. The molecule has 0 bridgehead atoms. The third-order valence-corrected chi connectivity index (χ3v) is 16.6. The number of carbonyl (C=O) groups excluding carboxylic acids is 6. The van der Waals surface area contributed by atoms with Crippen LogP contribution < -0.4 is 21.1 Å². The van der Waals surface area contributed by atoms with Crippen LogP contribution >= 0.6 is 0 Å². The molecule has 0 saturated carbocycles. The first kappa shape index (κ1) is 46.8. The number of likely N-dealkylation sites (tertiary alicyclic amines) is 4. The second-order valence-electron chi connectivity index (χ2n) is 20.7. The topological polar surface area (TPSA) is 196 Å². The summed E-state index contributed by atoms with van der Waals surface area (Å²) in [5.74, 6) is 1.03. The second kappa shape index (κ2) is 19.9. The highest BCUT2D eigenvalue weighted by molar-refractivity contribution is 6.23. The molecule has 17 nitrogen and oxygen atoms in total. The van der Waals surface area contributed by atoms with Crippen molar-refractivity contribution in [3.05, 3.63) is 95.1 Å². The Labute approximate surface area is 414 Å². The maximum Gasteiger partial charge on any atom is 0.319 e. The molecule has 4 aromatic rings. The number of piperidine rings is 5. The molecule has 4 N–H and O–H groups in total. The van der Waals surface area contributed by atoms with Crippen molar-refractivity contribution in [2.75, 3.05) is 70.8 Å². The summed E-state index contributed by atoms with van der Waals surface area (Å²) < 4.78 is 8.04. The third kappa shape index (κ3) is 9.41. The van der Waals surface area contributed by atoms with Crippen LogP contribution in [0.4, 0.5) is 10.6 Å². The van der Waals surface area contributed by atoms with E-state index in [1.54, 1.807) is 6.07 Å². The lowest BCUT2D eigenvalue weighted by atomic mass is 9.86. The van der Waals surface area contributed by atoms with Crippen LogP contribution in [0.5, 0.6) is 11.5 Å². The minimum absolute atomic E-state index is 0.0946. The Morgan fingerprint density at radius 2 is 1.38 bits per heavy atom. The Kier molecular flexibility index (Phi) is 13.1. The molecule has 1 unspecified atom stereocenters. The Morgan fingerprint density at radius 3 is 2.07 bits per heavy atom. The van der Waals surface area contributed by atoms with Gasteiger partial charge >= 0.3 is 6.03 Å². The number of hydrogen-bond donors (Lipinski definition) is 3. The zero-order valence-corrected chi connectivity index (χ0v) is 40.3. The molecule has 11 rings (SSSR count). The molecule has 7 aliphatic rings. The highest BCUT2D eigenvalue weighted by Crippen LogP contribution is 2.41. The molecule has 1 aromatic heterocycles. The predicted octanol–water partition coefficient (Wildman–Crippen LogP) is 6.09. The van der Waals surface area contributed by atoms with Crippen molar-refractivity contribution >= 4 is 41.4 Å². The van der Waals surface area contributed by atoms with Gasteiger partial charge in [-0.2, -0.15) is 5.10 Å². The number of fused-ring (bicyclic) bond motifs is 2. The molecule has 0 radical (unpaired) electrons. The number of nitrogens with zero attached hydrogens (tertiary/aromatic N) is 7. The van der Waals surface area contributed by atoms with Gasteiger partial charge in [-0.3, -0.25) is 34.2 Å². The average molecular weight is 965 g/mol. The standard InChI is InChI=1S/C54H64N10O7/c55-49(66)47-48(37-6-9-41(10-7-37)71-40-4-2-1-3-5-40)58-64-44(14-23-56-50(47)64)36-17-24-59(25-18-36)33-34-15-26-61(27-16-34)54(70)62-30-21-39(22-31-62)60-28-19-35(20-29-60)38-8-11-42-43(32-38)53(69)63(52(42)68)45-12-13-46(65)57-51(45)67/h1-11,32,34-36,39,44-45,56H,12-31,33H2,(H2,55,66)(H,57,65,67)/t44-,45?/m0/s1. The summed E-state index contributed by atoms with van der Waals surface area (Å²) >= 11 is 0. The molecule has 0 aliphatic carbocycles. The molecule has 5 saturated heterocycles. The van der Waals surface area contributed by atoms with E-state index in [1.807, 2.05) is 71.4 Å². The summed E-state index contributed by atoms with van der Waals surface area (Å²) in [5.41, 5.74) is 9.56. The van der Waals surface area contributed by atoms with Crippen molar-refractivity contribution < 1.29 is 33.5 Å². The normalized spacial score (nSPS) is 23.4. The molecule has 2 atom stereocenters. The van der Waals surface area contributed by atoms with Crippen molar-refractivity contribution in [3.63, 3.8) is 0 Å². The molecule has 5 fully saturated rings. The number of benzene rings is 3. The summed E-state index contributed by atoms with van der Waals surface area (Å²) in [7, 11) is 0. The molecule has 7 aliphatic heterocycles. The van der Waals surface area contributed by atoms with Gasteiger partial charge in [-0.1, -0.05) is 24.3 Å². The molecular weight excluding hydrogens is 901 g/mol. The van der Waals surface area contributed by atoms with Crippen LogP contribution in [-0.4, -0.2) is 147 Å². The van der Waals surface area contributed by atoms with Gasteiger partial charge in [0, 0.05) is 57.3 Å². The maximum atomic E-state index is 13.8. The minimum atomic E-state index is -0.969. The summed E-state index contributed by atoms with van der Waals surface area (Å²) in [6.45, 7) is 8.89. The van der Waals surface area contributed by atoms with E-state index in [-0.39, 0.29) is 36.7 Å². The number of aromatic nitrogens is 2. The third-order valence-electron chi connectivity index (χ3n) is 16.6. The van der Waals surface area contributed by atoms with Gasteiger partial charge in [0.15, 0.2) is 0 Å². The molecule has 3 aromatic carbocycles. The van der Waals surface area contributed by atoms with Crippen LogP contribution in [-0.2, 0) is 9.59 Å². The number of carbonyl (C=O) groups is 6. The van der Waals surface area contributed by atoms with E-state index in [0.717, 1.165) is 151 Å². The lowest BCUT2D eigenvalue weighted by molar-refractivity contribution is -0.136. The number of hydrogen-bond acceptors (Lipinski definition) is 11. The number of urea groups is 1. The van der Waals surface area contributed by atoms with Crippen molar-refractivity contribution in [1.82, 2.24) is 39.6 Å². The molecule has 0 spiro atoms. The van der Waals surface area contributed by atoms with Gasteiger partial charge in [0.25, 0.3) is 17.7 Å². The van der Waals surface area contributed by atoms with Gasteiger partial charge in [-0.25, -0.2) is 9.48 Å². The number of para-hydroxylation sites is 1. The number of ether oxygens (including phenoxy) is 1. The summed E-state index contributed by atoms with van der Waals surface area (Å²) in [6, 6.07) is 22.6. The largest absolute Gasteiger partial charge is 0.457 e. The summed E-state index contributed by atoms with van der Waals surface area (Å²) in [6.07, 6.45) is 9.15.